The SMILES string of the molecule is N#Cc1c(NC(=O)Cn2nnc3ccccc32)sc2c1CCCC2. The zero-order chi connectivity index (χ0) is 16.5. The number of aromatic nitrogens is 3. The Morgan fingerprint density at radius 1 is 1.33 bits per heavy atom. The first kappa shape index (κ1) is 14.8. The lowest BCUT2D eigenvalue weighted by atomic mass is 9.96. The van der Waals surface area contributed by atoms with Gasteiger partial charge in [0, 0.05) is 4.88 Å². The Morgan fingerprint density at radius 3 is 3.04 bits per heavy atom. The summed E-state index contributed by atoms with van der Waals surface area (Å²) in [5.41, 5.74) is 3.33. The summed E-state index contributed by atoms with van der Waals surface area (Å²) in [5.74, 6) is -0.194. The standard InChI is InChI=1S/C17H15N5OS/c18-9-12-11-5-1-4-8-15(11)24-17(12)19-16(23)10-22-14-7-3-2-6-13(14)20-21-22/h2-3,6-7H,1,4-5,8,10H2,(H,19,23). The van der Waals surface area contributed by atoms with E-state index in [1.165, 1.54) is 16.2 Å². The highest BCUT2D eigenvalue weighted by Crippen LogP contribution is 2.37. The molecule has 1 aliphatic carbocycles. The Kier molecular flexibility index (Phi) is 3.75. The number of hydrogen-bond acceptors (Lipinski definition) is 5. The quantitative estimate of drug-likeness (QED) is 0.796. The normalized spacial score (nSPS) is 13.5. The number of nitriles is 1. The van der Waals surface area contributed by atoms with E-state index in [1.807, 2.05) is 24.3 Å². The van der Waals surface area contributed by atoms with Crippen molar-refractivity contribution in [2.24, 2.45) is 0 Å². The minimum atomic E-state index is -0.194. The second-order valence-corrected chi connectivity index (χ2v) is 6.92. The summed E-state index contributed by atoms with van der Waals surface area (Å²) in [6.45, 7) is 0.0773. The Bertz CT molecular complexity index is 965. The summed E-state index contributed by atoms with van der Waals surface area (Å²) in [5, 5.41) is 21.1. The molecule has 0 unspecified atom stereocenters. The maximum absolute atomic E-state index is 12.4. The molecule has 3 aromatic rings. The summed E-state index contributed by atoms with van der Waals surface area (Å²) < 4.78 is 1.57. The van der Waals surface area contributed by atoms with E-state index in [2.05, 4.69) is 21.7 Å². The van der Waals surface area contributed by atoms with Gasteiger partial charge in [-0.15, -0.1) is 16.4 Å². The number of amides is 1. The molecule has 2 heterocycles. The van der Waals surface area contributed by atoms with E-state index >= 15 is 0 Å². The van der Waals surface area contributed by atoms with E-state index in [0.717, 1.165) is 42.3 Å². The summed E-state index contributed by atoms with van der Waals surface area (Å²) in [6.07, 6.45) is 4.18. The number of benzene rings is 1. The third-order valence-electron chi connectivity index (χ3n) is 4.25. The fraction of sp³-hybridized carbons (Fsp3) is 0.294. The van der Waals surface area contributed by atoms with Crippen LogP contribution in [0.5, 0.6) is 0 Å². The molecule has 4 rings (SSSR count). The lowest BCUT2D eigenvalue weighted by Gasteiger charge is -2.09. The van der Waals surface area contributed by atoms with Gasteiger partial charge in [0.2, 0.25) is 5.91 Å². The molecule has 1 aromatic carbocycles. The van der Waals surface area contributed by atoms with Crippen molar-refractivity contribution in [3.05, 3.63) is 40.3 Å². The number of hydrogen-bond donors (Lipinski definition) is 1. The maximum atomic E-state index is 12.4. The van der Waals surface area contributed by atoms with Gasteiger partial charge in [0.15, 0.2) is 0 Å². The van der Waals surface area contributed by atoms with Gasteiger partial charge in [0.05, 0.1) is 11.1 Å². The summed E-state index contributed by atoms with van der Waals surface area (Å²) in [4.78, 5) is 13.6. The van der Waals surface area contributed by atoms with Gasteiger partial charge in [0.1, 0.15) is 23.1 Å². The summed E-state index contributed by atoms with van der Waals surface area (Å²) in [6, 6.07) is 9.78. The first-order valence-corrected chi connectivity index (χ1v) is 8.70. The van der Waals surface area contributed by atoms with Gasteiger partial charge in [-0.1, -0.05) is 17.3 Å². The van der Waals surface area contributed by atoms with Gasteiger partial charge in [-0.05, 0) is 43.4 Å². The third kappa shape index (κ3) is 2.55. The van der Waals surface area contributed by atoms with Crippen LogP contribution in [-0.2, 0) is 24.2 Å². The largest absolute Gasteiger partial charge is 0.315 e. The van der Waals surface area contributed by atoms with Gasteiger partial charge in [0.25, 0.3) is 0 Å². The first-order chi connectivity index (χ1) is 11.8. The fourth-order valence-electron chi connectivity index (χ4n) is 3.11. The van der Waals surface area contributed by atoms with E-state index in [9.17, 15) is 10.1 Å². The van der Waals surface area contributed by atoms with Gasteiger partial charge in [-0.2, -0.15) is 5.26 Å². The highest BCUT2D eigenvalue weighted by Gasteiger charge is 2.22. The molecule has 0 spiro atoms. The zero-order valence-electron chi connectivity index (χ0n) is 13.0. The van der Waals surface area contributed by atoms with Gasteiger partial charge < -0.3 is 5.32 Å². The Hall–Kier alpha value is -2.72. The third-order valence-corrected chi connectivity index (χ3v) is 5.46. The van der Waals surface area contributed by atoms with Crippen molar-refractivity contribution in [1.29, 1.82) is 5.26 Å². The minimum absolute atomic E-state index is 0.0773. The van der Waals surface area contributed by atoms with Crippen LogP contribution in [0.15, 0.2) is 24.3 Å². The number of rotatable bonds is 3. The van der Waals surface area contributed by atoms with Crippen molar-refractivity contribution in [2.75, 3.05) is 5.32 Å². The number of thiophene rings is 1. The number of nitrogens with zero attached hydrogens (tertiary/aromatic N) is 4. The van der Waals surface area contributed by atoms with Gasteiger partial charge in [-0.25, -0.2) is 4.68 Å². The van der Waals surface area contributed by atoms with Crippen LogP contribution in [0, 0.1) is 11.3 Å². The lowest BCUT2D eigenvalue weighted by Crippen LogP contribution is -2.19. The monoisotopic (exact) mass is 337 g/mol. The second-order valence-electron chi connectivity index (χ2n) is 5.81. The lowest BCUT2D eigenvalue weighted by molar-refractivity contribution is -0.116. The molecule has 120 valence electrons. The van der Waals surface area contributed by atoms with Crippen LogP contribution in [0.1, 0.15) is 28.8 Å². The molecule has 1 amide bonds. The fourth-order valence-corrected chi connectivity index (χ4v) is 4.36. The zero-order valence-corrected chi connectivity index (χ0v) is 13.8. The summed E-state index contributed by atoms with van der Waals surface area (Å²) in [7, 11) is 0. The average molecular weight is 337 g/mol. The van der Waals surface area contributed by atoms with Crippen molar-refractivity contribution >= 4 is 33.3 Å². The van der Waals surface area contributed by atoms with Gasteiger partial charge in [-0.3, -0.25) is 4.79 Å². The van der Waals surface area contributed by atoms with Crippen LogP contribution < -0.4 is 5.32 Å². The van der Waals surface area contributed by atoms with Crippen molar-refractivity contribution in [3.63, 3.8) is 0 Å². The van der Waals surface area contributed by atoms with E-state index < -0.39 is 0 Å². The molecular formula is C17H15N5OS. The number of para-hydroxylation sites is 1. The van der Waals surface area contributed by atoms with Crippen LogP contribution >= 0.6 is 11.3 Å². The molecule has 0 aliphatic heterocycles. The Morgan fingerprint density at radius 2 is 2.17 bits per heavy atom. The Balaban J connectivity index is 1.56. The maximum Gasteiger partial charge on any atom is 0.246 e. The molecule has 0 atom stereocenters. The number of aryl methyl sites for hydroxylation is 1. The molecule has 0 saturated carbocycles. The molecule has 6 nitrogen and oxygen atoms in total. The molecular weight excluding hydrogens is 322 g/mol. The van der Waals surface area contributed by atoms with E-state index in [1.54, 1.807) is 4.68 Å². The molecule has 0 saturated heterocycles. The second kappa shape index (κ2) is 6.06. The minimum Gasteiger partial charge on any atom is -0.315 e. The molecule has 0 fully saturated rings. The molecule has 1 aliphatic rings. The molecule has 2 aromatic heterocycles. The summed E-state index contributed by atoms with van der Waals surface area (Å²) >= 11 is 1.53. The van der Waals surface area contributed by atoms with E-state index in [-0.39, 0.29) is 12.5 Å². The van der Waals surface area contributed by atoms with Crippen molar-refractivity contribution in [3.8, 4) is 6.07 Å². The highest BCUT2D eigenvalue weighted by molar-refractivity contribution is 7.16. The molecule has 24 heavy (non-hydrogen) atoms. The number of fused-ring (bicyclic) bond motifs is 2. The predicted octanol–water partition coefficient (Wildman–Crippen LogP) is 2.88. The van der Waals surface area contributed by atoms with Crippen LogP contribution in [0.3, 0.4) is 0 Å². The molecule has 0 radical (unpaired) electrons. The highest BCUT2D eigenvalue weighted by atomic mass is 32.1. The number of carbonyl (C=O) groups is 1. The predicted molar refractivity (Wildman–Crippen MR) is 91.8 cm³/mol. The van der Waals surface area contributed by atoms with Crippen LogP contribution in [0.25, 0.3) is 11.0 Å². The Labute approximate surface area is 142 Å². The van der Waals surface area contributed by atoms with Crippen molar-refractivity contribution in [1.82, 2.24) is 15.0 Å². The molecule has 1 N–H and O–H groups in total. The smallest absolute Gasteiger partial charge is 0.246 e. The van der Waals surface area contributed by atoms with Crippen LogP contribution in [-0.4, -0.2) is 20.9 Å². The van der Waals surface area contributed by atoms with Crippen LogP contribution in [0.2, 0.25) is 0 Å². The number of nitrogens with one attached hydrogen (secondary N) is 1. The first-order valence-electron chi connectivity index (χ1n) is 7.89. The molecule has 0 bridgehead atoms. The van der Waals surface area contributed by atoms with Crippen molar-refractivity contribution in [2.45, 2.75) is 32.2 Å². The van der Waals surface area contributed by atoms with E-state index in [4.69, 9.17) is 0 Å². The number of anilines is 1. The number of carbonyl (C=O) groups excluding carboxylic acids is 1. The van der Waals surface area contributed by atoms with Crippen LogP contribution in [0.4, 0.5) is 5.00 Å². The topological polar surface area (TPSA) is 83.6 Å². The van der Waals surface area contributed by atoms with Crippen molar-refractivity contribution < 1.29 is 4.79 Å². The molecule has 7 heteroatoms. The van der Waals surface area contributed by atoms with E-state index in [0.29, 0.717) is 10.6 Å². The van der Waals surface area contributed by atoms with Gasteiger partial charge >= 0.3 is 0 Å². The average Bonchev–Trinajstić information content (AvgIpc) is 3.16.